The van der Waals surface area contributed by atoms with Crippen LogP contribution in [0.2, 0.25) is 0 Å². The standard InChI is InChI=1S/C17H24N4O4S/c1-18-11-12-6-9-19(10-7-12)16(22)13-3-2-8-20(13)17(23)14-4-5-15(26-14)21(24)25/h4-5,12-13,18H,2-3,6-11H2,1H3. The van der Waals surface area contributed by atoms with Crippen molar-refractivity contribution in [3.8, 4) is 0 Å². The van der Waals surface area contributed by atoms with Crippen LogP contribution in [0.3, 0.4) is 0 Å². The molecule has 2 aliphatic rings. The lowest BCUT2D eigenvalue weighted by molar-refractivity contribution is -0.380. The van der Waals surface area contributed by atoms with E-state index in [0.29, 0.717) is 23.8 Å². The second kappa shape index (κ2) is 8.13. The fourth-order valence-electron chi connectivity index (χ4n) is 3.81. The summed E-state index contributed by atoms with van der Waals surface area (Å²) in [6.45, 7) is 2.95. The number of nitrogens with zero attached hydrogens (tertiary/aromatic N) is 3. The maximum atomic E-state index is 12.9. The van der Waals surface area contributed by atoms with Gasteiger partial charge in [-0.2, -0.15) is 0 Å². The monoisotopic (exact) mass is 380 g/mol. The molecular weight excluding hydrogens is 356 g/mol. The first-order valence-corrected chi connectivity index (χ1v) is 9.81. The van der Waals surface area contributed by atoms with Gasteiger partial charge in [0.1, 0.15) is 6.04 Å². The van der Waals surface area contributed by atoms with Crippen LogP contribution in [0.15, 0.2) is 12.1 Å². The van der Waals surface area contributed by atoms with E-state index in [9.17, 15) is 19.7 Å². The van der Waals surface area contributed by atoms with E-state index >= 15 is 0 Å². The van der Waals surface area contributed by atoms with Crippen molar-refractivity contribution in [2.24, 2.45) is 5.92 Å². The van der Waals surface area contributed by atoms with Gasteiger partial charge in [0, 0.05) is 25.7 Å². The van der Waals surface area contributed by atoms with E-state index in [0.717, 1.165) is 50.2 Å². The van der Waals surface area contributed by atoms with Crippen LogP contribution in [0, 0.1) is 16.0 Å². The maximum Gasteiger partial charge on any atom is 0.324 e. The summed E-state index contributed by atoms with van der Waals surface area (Å²) in [5.74, 6) is 0.339. The molecule has 8 nitrogen and oxygen atoms in total. The zero-order chi connectivity index (χ0) is 18.7. The third kappa shape index (κ3) is 3.88. The van der Waals surface area contributed by atoms with E-state index in [1.807, 2.05) is 11.9 Å². The number of hydrogen-bond donors (Lipinski definition) is 1. The Morgan fingerprint density at radius 3 is 2.62 bits per heavy atom. The Labute approximate surface area is 156 Å². The molecule has 1 aromatic heterocycles. The van der Waals surface area contributed by atoms with Gasteiger partial charge in [0.2, 0.25) is 5.91 Å². The van der Waals surface area contributed by atoms with Gasteiger partial charge in [-0.15, -0.1) is 0 Å². The molecule has 1 aromatic rings. The number of amides is 2. The van der Waals surface area contributed by atoms with Crippen LogP contribution in [0.1, 0.15) is 35.4 Å². The minimum atomic E-state index is -0.497. The fraction of sp³-hybridized carbons (Fsp3) is 0.647. The molecule has 2 aliphatic heterocycles. The second-order valence-corrected chi connectivity index (χ2v) is 7.94. The van der Waals surface area contributed by atoms with Crippen LogP contribution in [-0.2, 0) is 4.79 Å². The summed E-state index contributed by atoms with van der Waals surface area (Å²) in [5.41, 5.74) is 0. The molecular formula is C17H24N4O4S. The van der Waals surface area contributed by atoms with Crippen LogP contribution in [0.5, 0.6) is 0 Å². The molecule has 1 N–H and O–H groups in total. The number of nitrogens with one attached hydrogen (secondary N) is 1. The van der Waals surface area contributed by atoms with Gasteiger partial charge in [0.05, 0.1) is 9.80 Å². The number of thiophene rings is 1. The normalized spacial score (nSPS) is 21.2. The van der Waals surface area contributed by atoms with Gasteiger partial charge in [-0.1, -0.05) is 11.3 Å². The van der Waals surface area contributed by atoms with Gasteiger partial charge >= 0.3 is 5.00 Å². The van der Waals surface area contributed by atoms with Crippen LogP contribution in [0.4, 0.5) is 5.00 Å². The first-order valence-electron chi connectivity index (χ1n) is 9.00. The Bertz CT molecular complexity index is 684. The summed E-state index contributed by atoms with van der Waals surface area (Å²) in [4.78, 5) is 39.8. The number of carbonyl (C=O) groups excluding carboxylic acids is 2. The van der Waals surface area contributed by atoms with E-state index in [4.69, 9.17) is 0 Å². The summed E-state index contributed by atoms with van der Waals surface area (Å²) in [6.07, 6.45) is 3.40. The highest BCUT2D eigenvalue weighted by atomic mass is 32.1. The maximum absolute atomic E-state index is 12.9. The van der Waals surface area contributed by atoms with Crippen molar-refractivity contribution in [3.05, 3.63) is 27.1 Å². The van der Waals surface area contributed by atoms with Crippen molar-refractivity contribution < 1.29 is 14.5 Å². The smallest absolute Gasteiger partial charge is 0.324 e. The molecule has 2 amide bonds. The number of carbonyl (C=O) groups is 2. The summed E-state index contributed by atoms with van der Waals surface area (Å²) < 4.78 is 0. The Hall–Kier alpha value is -2.00. The number of hydrogen-bond acceptors (Lipinski definition) is 6. The van der Waals surface area contributed by atoms with Crippen LogP contribution in [-0.4, -0.2) is 65.8 Å². The van der Waals surface area contributed by atoms with Crippen molar-refractivity contribution >= 4 is 28.2 Å². The van der Waals surface area contributed by atoms with Crippen LogP contribution < -0.4 is 5.32 Å². The Kier molecular flexibility index (Phi) is 5.87. The lowest BCUT2D eigenvalue weighted by Crippen LogP contribution is -2.50. The van der Waals surface area contributed by atoms with Crippen LogP contribution in [0.25, 0.3) is 0 Å². The lowest BCUT2D eigenvalue weighted by Gasteiger charge is -2.35. The molecule has 9 heteroatoms. The Morgan fingerprint density at radius 1 is 1.27 bits per heavy atom. The summed E-state index contributed by atoms with van der Waals surface area (Å²) in [6, 6.07) is 2.38. The molecule has 0 spiro atoms. The number of rotatable bonds is 5. The molecule has 0 aliphatic carbocycles. The Balaban J connectivity index is 1.64. The predicted molar refractivity (Wildman–Crippen MR) is 98.3 cm³/mol. The molecule has 0 aromatic carbocycles. The third-order valence-corrected chi connectivity index (χ3v) is 6.23. The zero-order valence-corrected chi connectivity index (χ0v) is 15.7. The molecule has 26 heavy (non-hydrogen) atoms. The highest BCUT2D eigenvalue weighted by molar-refractivity contribution is 7.17. The minimum Gasteiger partial charge on any atom is -0.341 e. The first kappa shape index (κ1) is 18.8. The minimum absolute atomic E-state index is 0.0183. The SMILES string of the molecule is CNCC1CCN(C(=O)C2CCCN2C(=O)c2ccc([N+](=O)[O-])s2)CC1. The third-order valence-electron chi connectivity index (χ3n) is 5.20. The largest absolute Gasteiger partial charge is 0.341 e. The number of likely N-dealkylation sites (tertiary alicyclic amines) is 2. The summed E-state index contributed by atoms with van der Waals surface area (Å²) in [5, 5.41) is 14.0. The molecule has 3 rings (SSSR count). The van der Waals surface area contributed by atoms with E-state index in [1.54, 1.807) is 4.90 Å². The average molecular weight is 380 g/mol. The van der Waals surface area contributed by atoms with Gasteiger partial charge < -0.3 is 15.1 Å². The van der Waals surface area contributed by atoms with Crippen LogP contribution >= 0.6 is 11.3 Å². The van der Waals surface area contributed by atoms with Crippen molar-refractivity contribution in [2.75, 3.05) is 33.2 Å². The molecule has 1 atom stereocenters. The van der Waals surface area contributed by atoms with Gasteiger partial charge in [-0.25, -0.2) is 0 Å². The van der Waals surface area contributed by atoms with Gasteiger partial charge in [0.15, 0.2) is 0 Å². The molecule has 0 radical (unpaired) electrons. The molecule has 1 unspecified atom stereocenters. The fourth-order valence-corrected chi connectivity index (χ4v) is 4.58. The van der Waals surface area contributed by atoms with Crippen molar-refractivity contribution in [1.29, 1.82) is 0 Å². The van der Waals surface area contributed by atoms with Crippen molar-refractivity contribution in [2.45, 2.75) is 31.7 Å². The molecule has 2 saturated heterocycles. The van der Waals surface area contributed by atoms with Crippen molar-refractivity contribution in [1.82, 2.24) is 15.1 Å². The molecule has 2 fully saturated rings. The lowest BCUT2D eigenvalue weighted by atomic mass is 9.96. The first-order chi connectivity index (χ1) is 12.5. The van der Waals surface area contributed by atoms with E-state index in [-0.39, 0.29) is 16.8 Å². The molecule has 142 valence electrons. The molecule has 3 heterocycles. The van der Waals surface area contributed by atoms with Crippen molar-refractivity contribution in [3.63, 3.8) is 0 Å². The van der Waals surface area contributed by atoms with Gasteiger partial charge in [0.25, 0.3) is 5.91 Å². The molecule has 0 bridgehead atoms. The second-order valence-electron chi connectivity index (χ2n) is 6.88. The van der Waals surface area contributed by atoms with E-state index in [2.05, 4.69) is 5.32 Å². The topological polar surface area (TPSA) is 95.8 Å². The molecule has 0 saturated carbocycles. The van der Waals surface area contributed by atoms with E-state index in [1.165, 1.54) is 12.1 Å². The highest BCUT2D eigenvalue weighted by Crippen LogP contribution is 2.29. The summed E-state index contributed by atoms with van der Waals surface area (Å²) >= 11 is 0.869. The highest BCUT2D eigenvalue weighted by Gasteiger charge is 2.38. The average Bonchev–Trinajstić information content (AvgIpc) is 3.31. The van der Waals surface area contributed by atoms with E-state index < -0.39 is 11.0 Å². The van der Waals surface area contributed by atoms with Gasteiger partial charge in [-0.3, -0.25) is 19.7 Å². The van der Waals surface area contributed by atoms with Gasteiger partial charge in [-0.05, 0) is 51.3 Å². The summed E-state index contributed by atoms with van der Waals surface area (Å²) in [7, 11) is 1.94. The number of piperidine rings is 1. The zero-order valence-electron chi connectivity index (χ0n) is 14.8. The quantitative estimate of drug-likeness (QED) is 0.620. The number of nitro groups is 1. The predicted octanol–water partition coefficient (Wildman–Crippen LogP) is 1.72. The Morgan fingerprint density at radius 2 is 2.00 bits per heavy atom.